The quantitative estimate of drug-likeness (QED) is 0.921. The molecule has 1 atom stereocenters. The molecule has 1 aromatic carbocycles. The molecule has 3 rings (SSSR count). The third-order valence-electron chi connectivity index (χ3n) is 3.98. The van der Waals surface area contributed by atoms with Gasteiger partial charge in [0.2, 0.25) is 0 Å². The summed E-state index contributed by atoms with van der Waals surface area (Å²) in [4.78, 5) is 0. The number of hydrogen-bond acceptors (Lipinski definition) is 4. The highest BCUT2D eigenvalue weighted by molar-refractivity contribution is 7.91. The van der Waals surface area contributed by atoms with Crippen LogP contribution in [0.2, 0.25) is 0 Å². The van der Waals surface area contributed by atoms with Crippen molar-refractivity contribution in [3.05, 3.63) is 35.5 Å². The van der Waals surface area contributed by atoms with Crippen molar-refractivity contribution in [2.45, 2.75) is 26.3 Å². The van der Waals surface area contributed by atoms with Crippen molar-refractivity contribution in [2.24, 2.45) is 0 Å². The van der Waals surface area contributed by atoms with Crippen LogP contribution in [0, 0.1) is 13.8 Å². The van der Waals surface area contributed by atoms with Crippen LogP contribution in [0.1, 0.15) is 23.6 Å². The highest BCUT2D eigenvalue weighted by Crippen LogP contribution is 2.31. The molecule has 2 N–H and O–H groups in total. The Morgan fingerprint density at radius 3 is 2.71 bits per heavy atom. The lowest BCUT2D eigenvalue weighted by atomic mass is 10.0. The summed E-state index contributed by atoms with van der Waals surface area (Å²) in [6, 6.07) is 6.03. The maximum absolute atomic E-state index is 11.6. The zero-order valence-corrected chi connectivity index (χ0v) is 13.0. The molecule has 0 aliphatic carbocycles. The summed E-state index contributed by atoms with van der Waals surface area (Å²) < 4.78 is 24.9. The zero-order valence-electron chi connectivity index (χ0n) is 12.2. The Bertz CT molecular complexity index is 793. The molecule has 2 aromatic rings. The second-order valence-corrected chi connectivity index (χ2v) is 8.02. The van der Waals surface area contributed by atoms with Crippen LogP contribution >= 0.6 is 0 Å². The summed E-state index contributed by atoms with van der Waals surface area (Å²) in [6.07, 6.45) is 2.36. The van der Waals surface area contributed by atoms with Crippen molar-refractivity contribution in [1.29, 1.82) is 0 Å². The van der Waals surface area contributed by atoms with Crippen molar-refractivity contribution < 1.29 is 8.42 Å². The van der Waals surface area contributed by atoms with Crippen LogP contribution in [0.3, 0.4) is 0 Å². The molecule has 0 saturated carbocycles. The molecule has 1 aromatic heterocycles. The third kappa shape index (κ3) is 2.68. The first kappa shape index (κ1) is 14.1. The number of nitrogens with two attached hydrogens (primary N) is 1. The summed E-state index contributed by atoms with van der Waals surface area (Å²) >= 11 is 0. The third-order valence-corrected chi connectivity index (χ3v) is 5.73. The van der Waals surface area contributed by atoms with E-state index in [1.54, 1.807) is 10.9 Å². The first-order valence-electron chi connectivity index (χ1n) is 6.98. The number of hydrogen-bond donors (Lipinski definition) is 1. The summed E-state index contributed by atoms with van der Waals surface area (Å²) in [6.45, 7) is 4.07. The summed E-state index contributed by atoms with van der Waals surface area (Å²) in [5.41, 5.74) is 10.7. The molecular formula is C15H19N3O2S. The lowest BCUT2D eigenvalue weighted by molar-refractivity contribution is 0.501. The highest BCUT2D eigenvalue weighted by atomic mass is 32.2. The van der Waals surface area contributed by atoms with Gasteiger partial charge >= 0.3 is 0 Å². The molecule has 21 heavy (non-hydrogen) atoms. The van der Waals surface area contributed by atoms with Gasteiger partial charge in [0, 0.05) is 11.8 Å². The molecular weight excluding hydrogens is 286 g/mol. The molecule has 1 aliphatic rings. The summed E-state index contributed by atoms with van der Waals surface area (Å²) in [5, 5.41) is 4.55. The van der Waals surface area contributed by atoms with Crippen molar-refractivity contribution in [3.63, 3.8) is 0 Å². The van der Waals surface area contributed by atoms with Gasteiger partial charge in [0.25, 0.3) is 0 Å². The molecule has 112 valence electrons. The van der Waals surface area contributed by atoms with Gasteiger partial charge in [-0.15, -0.1) is 0 Å². The molecule has 1 saturated heterocycles. The second kappa shape index (κ2) is 4.87. The fourth-order valence-corrected chi connectivity index (χ4v) is 4.57. The number of sulfone groups is 1. The van der Waals surface area contributed by atoms with Crippen LogP contribution in [-0.4, -0.2) is 29.7 Å². The molecule has 5 nitrogen and oxygen atoms in total. The minimum absolute atomic E-state index is 0.100. The zero-order chi connectivity index (χ0) is 15.2. The van der Waals surface area contributed by atoms with Gasteiger partial charge in [-0.1, -0.05) is 23.8 Å². The predicted octanol–water partition coefficient (Wildman–Crippen LogP) is 2.11. The van der Waals surface area contributed by atoms with Gasteiger partial charge in [-0.2, -0.15) is 5.10 Å². The molecule has 1 fully saturated rings. The fraction of sp³-hybridized carbons (Fsp3) is 0.400. The largest absolute Gasteiger partial charge is 0.396 e. The topological polar surface area (TPSA) is 78.0 Å². The van der Waals surface area contributed by atoms with Crippen molar-refractivity contribution in [1.82, 2.24) is 9.78 Å². The van der Waals surface area contributed by atoms with Crippen LogP contribution in [0.4, 0.5) is 5.69 Å². The molecule has 1 aliphatic heterocycles. The van der Waals surface area contributed by atoms with Crippen molar-refractivity contribution in [2.75, 3.05) is 17.2 Å². The maximum atomic E-state index is 11.6. The van der Waals surface area contributed by atoms with Gasteiger partial charge in [0.15, 0.2) is 9.84 Å². The smallest absolute Gasteiger partial charge is 0.152 e. The maximum Gasteiger partial charge on any atom is 0.152 e. The molecule has 0 spiro atoms. The van der Waals surface area contributed by atoms with Crippen LogP contribution in [-0.2, 0) is 9.84 Å². The lowest BCUT2D eigenvalue weighted by Crippen LogP contribution is -2.11. The first-order valence-corrected chi connectivity index (χ1v) is 8.80. The number of rotatable bonds is 2. The average molecular weight is 305 g/mol. The fourth-order valence-electron chi connectivity index (χ4n) is 2.87. The SMILES string of the molecule is Cc1ccc(-c2nn(C3CCS(=O)(=O)C3)cc2N)c(C)c1. The van der Waals surface area contributed by atoms with Crippen LogP contribution in [0.25, 0.3) is 11.3 Å². The molecule has 2 heterocycles. The minimum atomic E-state index is -2.93. The summed E-state index contributed by atoms with van der Waals surface area (Å²) in [7, 11) is -2.93. The van der Waals surface area contributed by atoms with E-state index >= 15 is 0 Å². The Labute approximate surface area is 124 Å². The average Bonchev–Trinajstić information content (AvgIpc) is 2.93. The van der Waals surface area contributed by atoms with E-state index in [1.807, 2.05) is 26.0 Å². The van der Waals surface area contributed by atoms with Gasteiger partial charge in [-0.05, 0) is 25.8 Å². The number of benzene rings is 1. The molecule has 0 radical (unpaired) electrons. The Morgan fingerprint density at radius 2 is 2.10 bits per heavy atom. The Balaban J connectivity index is 1.99. The lowest BCUT2D eigenvalue weighted by Gasteiger charge is -2.08. The van der Waals surface area contributed by atoms with Gasteiger partial charge < -0.3 is 5.73 Å². The molecule has 0 bridgehead atoms. The Hall–Kier alpha value is -1.82. The van der Waals surface area contributed by atoms with E-state index in [0.29, 0.717) is 12.1 Å². The number of anilines is 1. The van der Waals surface area contributed by atoms with Gasteiger partial charge in [0.05, 0.1) is 23.2 Å². The number of nitrogen functional groups attached to an aromatic ring is 1. The monoisotopic (exact) mass is 305 g/mol. The van der Waals surface area contributed by atoms with Crippen molar-refractivity contribution in [3.8, 4) is 11.3 Å². The van der Waals surface area contributed by atoms with E-state index in [0.717, 1.165) is 16.8 Å². The highest BCUT2D eigenvalue weighted by Gasteiger charge is 2.30. The second-order valence-electron chi connectivity index (χ2n) is 5.79. The van der Waals surface area contributed by atoms with Gasteiger partial charge in [0.1, 0.15) is 5.69 Å². The Morgan fingerprint density at radius 1 is 1.33 bits per heavy atom. The van der Waals surface area contributed by atoms with Crippen molar-refractivity contribution >= 4 is 15.5 Å². The van der Waals surface area contributed by atoms with Crippen LogP contribution < -0.4 is 5.73 Å². The van der Waals surface area contributed by atoms with E-state index in [-0.39, 0.29) is 17.5 Å². The number of aryl methyl sites for hydroxylation is 2. The van der Waals surface area contributed by atoms with Gasteiger partial charge in [-0.25, -0.2) is 8.42 Å². The summed E-state index contributed by atoms with van der Waals surface area (Å²) in [5.74, 6) is 0.386. The number of aromatic nitrogens is 2. The minimum Gasteiger partial charge on any atom is -0.396 e. The van der Waals surface area contributed by atoms with E-state index in [4.69, 9.17) is 5.73 Å². The van der Waals surface area contributed by atoms with E-state index in [9.17, 15) is 8.42 Å². The molecule has 0 amide bonds. The van der Waals surface area contributed by atoms with Gasteiger partial charge in [-0.3, -0.25) is 4.68 Å². The Kier molecular flexibility index (Phi) is 3.28. The standard InChI is InChI=1S/C15H19N3O2S/c1-10-3-4-13(11(2)7-10)15-14(16)8-18(17-15)12-5-6-21(19,20)9-12/h3-4,7-8,12H,5-6,9,16H2,1-2H3. The van der Waals surface area contributed by atoms with E-state index in [1.165, 1.54) is 5.56 Å². The van der Waals surface area contributed by atoms with Crippen LogP contribution in [0.5, 0.6) is 0 Å². The predicted molar refractivity (Wildman–Crippen MR) is 83.9 cm³/mol. The normalized spacial score (nSPS) is 20.8. The van der Waals surface area contributed by atoms with Crippen LogP contribution in [0.15, 0.2) is 24.4 Å². The molecule has 6 heteroatoms. The molecule has 1 unspecified atom stereocenters. The first-order chi connectivity index (χ1) is 9.85. The number of nitrogens with zero attached hydrogens (tertiary/aromatic N) is 2. The van der Waals surface area contributed by atoms with E-state index in [2.05, 4.69) is 11.2 Å². The van der Waals surface area contributed by atoms with E-state index < -0.39 is 9.84 Å².